The molecule has 2 aliphatic heterocycles. The lowest BCUT2D eigenvalue weighted by Crippen LogP contribution is -2.46. The van der Waals surface area contributed by atoms with Gasteiger partial charge in [0.15, 0.2) is 0 Å². The minimum absolute atomic E-state index is 0.295. The van der Waals surface area contributed by atoms with E-state index >= 15 is 0 Å². The Labute approximate surface area is 153 Å². The maximum Gasteiger partial charge on any atom is 0.222 e. The second kappa shape index (κ2) is 8.37. The van der Waals surface area contributed by atoms with Crippen LogP contribution in [0.5, 0.6) is 0 Å². The van der Waals surface area contributed by atoms with E-state index in [9.17, 15) is 0 Å². The van der Waals surface area contributed by atoms with E-state index in [1.54, 1.807) is 12.4 Å². The van der Waals surface area contributed by atoms with E-state index in [-0.39, 0.29) is 0 Å². The molecule has 2 aromatic rings. The van der Waals surface area contributed by atoms with Gasteiger partial charge in [-0.1, -0.05) is 0 Å². The van der Waals surface area contributed by atoms with Crippen molar-refractivity contribution in [2.75, 3.05) is 49.5 Å². The van der Waals surface area contributed by atoms with E-state index in [4.69, 9.17) is 4.74 Å². The molecule has 2 aromatic heterocycles. The monoisotopic (exact) mass is 355 g/mol. The average molecular weight is 355 g/mol. The molecule has 138 valence electrons. The fraction of sp³-hybridized carbons (Fsp3) is 0.556. The Kier molecular flexibility index (Phi) is 5.51. The first-order valence-corrected chi connectivity index (χ1v) is 9.26. The maximum atomic E-state index is 5.60. The highest BCUT2D eigenvalue weighted by molar-refractivity contribution is 5.35. The SMILES string of the molecule is c1cnc(N2CCN(Cc3cnc(NC[C@@H]4CCCO4)nc3)CC2)cn1. The Morgan fingerprint density at radius 1 is 1.04 bits per heavy atom. The van der Waals surface area contributed by atoms with Gasteiger partial charge in [0, 0.05) is 76.2 Å². The molecule has 4 heterocycles. The molecule has 2 fully saturated rings. The highest BCUT2D eigenvalue weighted by Gasteiger charge is 2.18. The van der Waals surface area contributed by atoms with Gasteiger partial charge in [-0.3, -0.25) is 9.88 Å². The van der Waals surface area contributed by atoms with Crippen LogP contribution in [-0.4, -0.2) is 70.3 Å². The minimum atomic E-state index is 0.295. The quantitative estimate of drug-likeness (QED) is 0.828. The standard InChI is InChI=1S/C18H25N7O/c1-2-16(26-9-1)12-23-18-21-10-15(11-22-18)14-24-5-7-25(8-6-24)17-13-19-3-4-20-17/h3-4,10-11,13,16H,1-2,5-9,12,14H2,(H,21,22,23)/t16-/m0/s1. The largest absolute Gasteiger partial charge is 0.376 e. The molecule has 0 bridgehead atoms. The lowest BCUT2D eigenvalue weighted by atomic mass is 10.2. The Morgan fingerprint density at radius 2 is 1.88 bits per heavy atom. The van der Waals surface area contributed by atoms with Crippen LogP contribution in [-0.2, 0) is 11.3 Å². The molecule has 0 aromatic carbocycles. The Bertz CT molecular complexity index is 668. The summed E-state index contributed by atoms with van der Waals surface area (Å²) in [6.45, 7) is 6.44. The van der Waals surface area contributed by atoms with Gasteiger partial charge in [-0.05, 0) is 12.8 Å². The number of aromatic nitrogens is 4. The Morgan fingerprint density at radius 3 is 2.58 bits per heavy atom. The number of nitrogens with one attached hydrogen (secondary N) is 1. The molecule has 0 amide bonds. The zero-order chi connectivity index (χ0) is 17.6. The highest BCUT2D eigenvalue weighted by Crippen LogP contribution is 2.14. The van der Waals surface area contributed by atoms with Gasteiger partial charge in [0.05, 0.1) is 12.3 Å². The summed E-state index contributed by atoms with van der Waals surface area (Å²) in [6, 6.07) is 0. The third-order valence-corrected chi connectivity index (χ3v) is 4.87. The molecule has 8 nitrogen and oxygen atoms in total. The molecule has 26 heavy (non-hydrogen) atoms. The Balaban J connectivity index is 1.23. The number of anilines is 2. The molecule has 2 saturated heterocycles. The zero-order valence-corrected chi connectivity index (χ0v) is 14.9. The van der Waals surface area contributed by atoms with Crippen molar-refractivity contribution in [3.05, 3.63) is 36.5 Å². The van der Waals surface area contributed by atoms with Crippen LogP contribution in [0.3, 0.4) is 0 Å². The summed E-state index contributed by atoms with van der Waals surface area (Å²) in [5.41, 5.74) is 1.14. The van der Waals surface area contributed by atoms with Crippen molar-refractivity contribution in [2.45, 2.75) is 25.5 Å². The predicted octanol–water partition coefficient (Wildman–Crippen LogP) is 1.18. The van der Waals surface area contributed by atoms with Gasteiger partial charge in [0.1, 0.15) is 5.82 Å². The first-order valence-electron chi connectivity index (χ1n) is 9.26. The Hall–Kier alpha value is -2.32. The van der Waals surface area contributed by atoms with Crippen molar-refractivity contribution in [3.63, 3.8) is 0 Å². The van der Waals surface area contributed by atoms with E-state index in [1.807, 2.05) is 18.6 Å². The summed E-state index contributed by atoms with van der Waals surface area (Å²) in [4.78, 5) is 22.1. The maximum absolute atomic E-state index is 5.60. The number of piperazine rings is 1. The fourth-order valence-electron chi connectivity index (χ4n) is 3.39. The van der Waals surface area contributed by atoms with E-state index in [1.165, 1.54) is 0 Å². The third-order valence-electron chi connectivity index (χ3n) is 4.87. The van der Waals surface area contributed by atoms with Crippen molar-refractivity contribution in [3.8, 4) is 0 Å². The molecule has 1 atom stereocenters. The van der Waals surface area contributed by atoms with Crippen LogP contribution in [0, 0.1) is 0 Å². The van der Waals surface area contributed by atoms with Crippen LogP contribution in [0.25, 0.3) is 0 Å². The molecule has 4 rings (SSSR count). The first-order chi connectivity index (χ1) is 12.9. The molecular formula is C18H25N7O. The average Bonchev–Trinajstić information content (AvgIpc) is 3.22. The van der Waals surface area contributed by atoms with Crippen LogP contribution in [0.2, 0.25) is 0 Å². The normalized spacial score (nSPS) is 21.1. The number of ether oxygens (including phenoxy) is 1. The lowest BCUT2D eigenvalue weighted by Gasteiger charge is -2.35. The molecule has 1 N–H and O–H groups in total. The van der Waals surface area contributed by atoms with Gasteiger partial charge >= 0.3 is 0 Å². The molecule has 2 aliphatic rings. The first kappa shape index (κ1) is 17.1. The van der Waals surface area contributed by atoms with Crippen molar-refractivity contribution in [2.24, 2.45) is 0 Å². The lowest BCUT2D eigenvalue weighted by molar-refractivity contribution is 0.120. The van der Waals surface area contributed by atoms with E-state index in [0.29, 0.717) is 12.1 Å². The smallest absolute Gasteiger partial charge is 0.222 e. The van der Waals surface area contributed by atoms with E-state index in [2.05, 4.69) is 35.1 Å². The van der Waals surface area contributed by atoms with Gasteiger partial charge in [-0.15, -0.1) is 0 Å². The van der Waals surface area contributed by atoms with Crippen LogP contribution in [0.15, 0.2) is 31.0 Å². The van der Waals surface area contributed by atoms with Gasteiger partial charge in [-0.2, -0.15) is 0 Å². The molecular weight excluding hydrogens is 330 g/mol. The zero-order valence-electron chi connectivity index (χ0n) is 14.9. The highest BCUT2D eigenvalue weighted by atomic mass is 16.5. The summed E-state index contributed by atoms with van der Waals surface area (Å²) >= 11 is 0. The second-order valence-electron chi connectivity index (χ2n) is 6.76. The topological polar surface area (TPSA) is 79.3 Å². The van der Waals surface area contributed by atoms with Gasteiger partial charge < -0.3 is 15.0 Å². The van der Waals surface area contributed by atoms with Crippen molar-refractivity contribution < 1.29 is 4.74 Å². The molecule has 0 unspecified atom stereocenters. The van der Waals surface area contributed by atoms with Crippen LogP contribution >= 0.6 is 0 Å². The van der Waals surface area contributed by atoms with Crippen LogP contribution in [0.4, 0.5) is 11.8 Å². The van der Waals surface area contributed by atoms with Crippen molar-refractivity contribution >= 4 is 11.8 Å². The van der Waals surface area contributed by atoms with E-state index in [0.717, 1.165) is 70.1 Å². The van der Waals surface area contributed by atoms with Crippen molar-refractivity contribution in [1.29, 1.82) is 0 Å². The van der Waals surface area contributed by atoms with E-state index < -0.39 is 0 Å². The summed E-state index contributed by atoms with van der Waals surface area (Å²) in [5, 5.41) is 3.26. The van der Waals surface area contributed by atoms with Gasteiger partial charge in [0.25, 0.3) is 0 Å². The summed E-state index contributed by atoms with van der Waals surface area (Å²) in [7, 11) is 0. The molecule has 0 radical (unpaired) electrons. The summed E-state index contributed by atoms with van der Waals surface area (Å²) < 4.78 is 5.60. The number of rotatable bonds is 6. The summed E-state index contributed by atoms with van der Waals surface area (Å²) in [5.74, 6) is 1.63. The fourth-order valence-corrected chi connectivity index (χ4v) is 3.39. The second-order valence-corrected chi connectivity index (χ2v) is 6.76. The predicted molar refractivity (Wildman–Crippen MR) is 99.0 cm³/mol. The van der Waals surface area contributed by atoms with Crippen LogP contribution < -0.4 is 10.2 Å². The summed E-state index contributed by atoms with van der Waals surface area (Å²) in [6.07, 6.45) is 11.7. The molecule has 0 saturated carbocycles. The van der Waals surface area contributed by atoms with Crippen LogP contribution in [0.1, 0.15) is 18.4 Å². The number of hydrogen-bond acceptors (Lipinski definition) is 8. The van der Waals surface area contributed by atoms with Crippen molar-refractivity contribution in [1.82, 2.24) is 24.8 Å². The van der Waals surface area contributed by atoms with Gasteiger partial charge in [0.2, 0.25) is 5.95 Å². The molecule has 0 spiro atoms. The molecule has 0 aliphatic carbocycles. The van der Waals surface area contributed by atoms with Gasteiger partial charge in [-0.25, -0.2) is 15.0 Å². The number of nitrogens with zero attached hydrogens (tertiary/aromatic N) is 6. The number of hydrogen-bond donors (Lipinski definition) is 1. The molecule has 8 heteroatoms. The minimum Gasteiger partial charge on any atom is -0.376 e. The third kappa shape index (κ3) is 4.44.